The van der Waals surface area contributed by atoms with E-state index in [1.165, 1.54) is 6.07 Å². The summed E-state index contributed by atoms with van der Waals surface area (Å²) in [7, 11) is -9.88. The summed E-state index contributed by atoms with van der Waals surface area (Å²) < 4.78 is 57.0. The SMILES string of the molecule is NS(=O)(=O)c1ccccc1P(=O)(F)F. The first kappa shape index (κ1) is 11.3. The molecule has 0 radical (unpaired) electrons. The van der Waals surface area contributed by atoms with Crippen LogP contribution in [0.15, 0.2) is 29.2 Å². The summed E-state index contributed by atoms with van der Waals surface area (Å²) in [5.41, 5.74) is 0. The smallest absolute Gasteiger partial charge is 0.244 e. The summed E-state index contributed by atoms with van der Waals surface area (Å²) in [6.07, 6.45) is 0. The van der Waals surface area contributed by atoms with Gasteiger partial charge in [-0.2, -0.15) is 0 Å². The molecule has 0 aliphatic rings. The van der Waals surface area contributed by atoms with E-state index in [0.717, 1.165) is 18.2 Å². The van der Waals surface area contributed by atoms with Crippen LogP contribution in [0.1, 0.15) is 0 Å². The van der Waals surface area contributed by atoms with Crippen LogP contribution >= 0.6 is 7.76 Å². The lowest BCUT2D eigenvalue weighted by Crippen LogP contribution is -2.20. The van der Waals surface area contributed by atoms with Crippen LogP contribution in [0, 0.1) is 0 Å². The number of hydrogen-bond acceptors (Lipinski definition) is 3. The molecule has 0 bridgehead atoms. The third-order valence-electron chi connectivity index (χ3n) is 1.45. The van der Waals surface area contributed by atoms with Crippen molar-refractivity contribution >= 4 is 23.1 Å². The average Bonchev–Trinajstić information content (AvgIpc) is 2.01. The maximum Gasteiger partial charge on any atom is 0.434 e. The van der Waals surface area contributed by atoms with Crippen LogP contribution in [-0.4, -0.2) is 8.42 Å². The van der Waals surface area contributed by atoms with Crippen molar-refractivity contribution in [2.75, 3.05) is 0 Å². The van der Waals surface area contributed by atoms with Crippen molar-refractivity contribution < 1.29 is 21.4 Å². The second-order valence-corrected chi connectivity index (χ2v) is 5.41. The average molecular weight is 241 g/mol. The van der Waals surface area contributed by atoms with E-state index in [4.69, 9.17) is 0 Å². The van der Waals surface area contributed by atoms with Gasteiger partial charge in [-0.05, 0) is 12.1 Å². The van der Waals surface area contributed by atoms with E-state index in [1.54, 1.807) is 0 Å². The normalized spacial score (nSPS) is 12.8. The first-order valence-corrected chi connectivity index (χ1v) is 6.38. The molecule has 4 nitrogen and oxygen atoms in total. The number of primary sulfonamides is 1. The zero-order valence-corrected chi connectivity index (χ0v) is 8.43. The molecule has 78 valence electrons. The molecule has 2 N–H and O–H groups in total. The lowest BCUT2D eigenvalue weighted by atomic mass is 10.4. The second-order valence-electron chi connectivity index (χ2n) is 2.47. The monoisotopic (exact) mass is 241 g/mol. The lowest BCUT2D eigenvalue weighted by Gasteiger charge is -2.04. The fraction of sp³-hybridized carbons (Fsp3) is 0. The van der Waals surface area contributed by atoms with E-state index >= 15 is 0 Å². The van der Waals surface area contributed by atoms with Crippen molar-refractivity contribution in [3.05, 3.63) is 24.3 Å². The highest BCUT2D eigenvalue weighted by Crippen LogP contribution is 2.48. The van der Waals surface area contributed by atoms with Crippen molar-refractivity contribution in [1.82, 2.24) is 0 Å². The van der Waals surface area contributed by atoms with Gasteiger partial charge in [-0.15, -0.1) is 8.39 Å². The van der Waals surface area contributed by atoms with Crippen molar-refractivity contribution in [2.24, 2.45) is 5.14 Å². The van der Waals surface area contributed by atoms with Gasteiger partial charge in [-0.3, -0.25) is 0 Å². The predicted octanol–water partition coefficient (Wildman–Crippen LogP) is 1.09. The van der Waals surface area contributed by atoms with Crippen molar-refractivity contribution in [3.8, 4) is 0 Å². The topological polar surface area (TPSA) is 77.2 Å². The molecule has 0 spiro atoms. The minimum Gasteiger partial charge on any atom is -0.244 e. The highest BCUT2D eigenvalue weighted by atomic mass is 32.2. The van der Waals surface area contributed by atoms with Crippen LogP contribution in [-0.2, 0) is 14.6 Å². The predicted molar refractivity (Wildman–Crippen MR) is 47.3 cm³/mol. The molecule has 0 aliphatic carbocycles. The van der Waals surface area contributed by atoms with E-state index in [9.17, 15) is 21.4 Å². The fourth-order valence-electron chi connectivity index (χ4n) is 0.913. The van der Waals surface area contributed by atoms with Gasteiger partial charge in [0, 0.05) is 0 Å². The first-order valence-electron chi connectivity index (χ1n) is 3.34. The van der Waals surface area contributed by atoms with Crippen LogP contribution in [0.2, 0.25) is 0 Å². The van der Waals surface area contributed by atoms with Gasteiger partial charge in [0.2, 0.25) is 10.0 Å². The standard InChI is InChI=1S/C6H6F2NO3PS/c7-13(8,10)5-3-1-2-4-6(5)14(9,11)12/h1-4H,(H2,9,11,12). The molecule has 1 rings (SSSR count). The Morgan fingerprint density at radius 1 is 1.21 bits per heavy atom. The maximum absolute atomic E-state index is 12.5. The minimum absolute atomic E-state index is 0.778. The van der Waals surface area contributed by atoms with Crippen molar-refractivity contribution in [3.63, 3.8) is 0 Å². The molecule has 1 aromatic carbocycles. The van der Waals surface area contributed by atoms with E-state index in [2.05, 4.69) is 5.14 Å². The number of sulfonamides is 1. The first-order chi connectivity index (χ1) is 6.23. The summed E-state index contributed by atoms with van der Waals surface area (Å²) in [6.45, 7) is 0. The number of hydrogen-bond donors (Lipinski definition) is 1. The third-order valence-corrected chi connectivity index (χ3v) is 3.52. The Balaban J connectivity index is 3.55. The Morgan fingerprint density at radius 2 is 1.71 bits per heavy atom. The van der Waals surface area contributed by atoms with Crippen LogP contribution < -0.4 is 10.4 Å². The summed E-state index contributed by atoms with van der Waals surface area (Å²) >= 11 is 0. The number of halogens is 2. The van der Waals surface area contributed by atoms with Gasteiger partial charge in [0.15, 0.2) is 0 Å². The molecule has 0 atom stereocenters. The summed E-state index contributed by atoms with van der Waals surface area (Å²) in [5.74, 6) is 0. The quantitative estimate of drug-likeness (QED) is 0.787. The number of nitrogens with two attached hydrogens (primary N) is 1. The van der Waals surface area contributed by atoms with Gasteiger partial charge < -0.3 is 0 Å². The molecular formula is C6H6F2NO3PS. The van der Waals surface area contributed by atoms with Crippen molar-refractivity contribution in [1.29, 1.82) is 0 Å². The molecule has 0 heterocycles. The summed E-state index contributed by atoms with van der Waals surface area (Å²) in [6, 6.07) is 4.05. The zero-order chi connectivity index (χ0) is 11.0. The minimum atomic E-state index is -5.61. The van der Waals surface area contributed by atoms with Crippen LogP contribution in [0.4, 0.5) is 8.39 Å². The molecule has 0 saturated carbocycles. The lowest BCUT2D eigenvalue weighted by molar-refractivity contribution is 0.506. The molecule has 0 unspecified atom stereocenters. The van der Waals surface area contributed by atoms with Gasteiger partial charge in [0.05, 0.1) is 10.2 Å². The van der Waals surface area contributed by atoms with Crippen LogP contribution in [0.25, 0.3) is 0 Å². The Kier molecular flexibility index (Phi) is 2.76. The van der Waals surface area contributed by atoms with E-state index in [0.29, 0.717) is 0 Å². The van der Waals surface area contributed by atoms with Gasteiger partial charge in [0.1, 0.15) is 0 Å². The molecule has 0 aliphatic heterocycles. The molecule has 0 saturated heterocycles. The highest BCUT2D eigenvalue weighted by Gasteiger charge is 2.29. The molecular weight excluding hydrogens is 235 g/mol. The molecule has 1 aromatic rings. The molecule has 0 amide bonds. The highest BCUT2D eigenvalue weighted by molar-refractivity contribution is 7.90. The van der Waals surface area contributed by atoms with E-state index in [-0.39, 0.29) is 0 Å². The fourth-order valence-corrected chi connectivity index (χ4v) is 2.83. The molecule has 0 fully saturated rings. The molecule has 14 heavy (non-hydrogen) atoms. The molecule has 0 aromatic heterocycles. The van der Waals surface area contributed by atoms with Crippen LogP contribution in [0.3, 0.4) is 0 Å². The zero-order valence-electron chi connectivity index (χ0n) is 6.72. The Labute approximate surface area is 79.4 Å². The Hall–Kier alpha value is -0.780. The van der Waals surface area contributed by atoms with E-state index < -0.39 is 28.0 Å². The summed E-state index contributed by atoms with van der Waals surface area (Å²) in [4.78, 5) is -0.798. The Bertz CT molecular complexity index is 496. The van der Waals surface area contributed by atoms with Gasteiger partial charge in [-0.1, -0.05) is 12.1 Å². The number of benzene rings is 1. The largest absolute Gasteiger partial charge is 0.434 e. The summed E-state index contributed by atoms with van der Waals surface area (Å²) in [5, 5.41) is 3.65. The second kappa shape index (κ2) is 3.42. The van der Waals surface area contributed by atoms with Gasteiger partial charge in [-0.25, -0.2) is 18.1 Å². The maximum atomic E-state index is 12.5. The van der Waals surface area contributed by atoms with Crippen molar-refractivity contribution in [2.45, 2.75) is 4.90 Å². The van der Waals surface area contributed by atoms with Crippen LogP contribution in [0.5, 0.6) is 0 Å². The number of rotatable bonds is 2. The third kappa shape index (κ3) is 2.37. The Morgan fingerprint density at radius 3 is 2.07 bits per heavy atom. The molecule has 8 heteroatoms. The van der Waals surface area contributed by atoms with E-state index in [1.807, 2.05) is 0 Å². The van der Waals surface area contributed by atoms with Gasteiger partial charge >= 0.3 is 7.76 Å². The van der Waals surface area contributed by atoms with Gasteiger partial charge in [0.25, 0.3) is 0 Å².